The van der Waals surface area contributed by atoms with Crippen molar-refractivity contribution in [2.75, 3.05) is 7.11 Å². The molecule has 0 bridgehead atoms. The maximum Gasteiger partial charge on any atom is 0.303 e. The van der Waals surface area contributed by atoms with Gasteiger partial charge in [0.2, 0.25) is 0 Å². The van der Waals surface area contributed by atoms with Gasteiger partial charge in [0.1, 0.15) is 18.1 Å². The average molecular weight is 461 g/mol. The fraction of sp³-hybridized carbons (Fsp3) is 0.367. The minimum absolute atomic E-state index is 0.0457. The van der Waals surface area contributed by atoms with Crippen LogP contribution in [0.15, 0.2) is 66.7 Å². The van der Waals surface area contributed by atoms with Crippen molar-refractivity contribution in [1.29, 1.82) is 0 Å². The van der Waals surface area contributed by atoms with Gasteiger partial charge in [-0.1, -0.05) is 77.1 Å². The Hall–Kier alpha value is -3.27. The first-order valence-corrected chi connectivity index (χ1v) is 11.8. The fourth-order valence-corrected chi connectivity index (χ4v) is 4.27. The van der Waals surface area contributed by atoms with E-state index in [1.807, 2.05) is 36.4 Å². The second-order valence-electron chi connectivity index (χ2n) is 10.2. The number of benzene rings is 3. The highest BCUT2D eigenvalue weighted by Gasteiger charge is 2.21. The maximum absolute atomic E-state index is 11.3. The molecule has 0 aliphatic carbocycles. The number of hydrogen-bond acceptors (Lipinski definition) is 3. The van der Waals surface area contributed by atoms with Gasteiger partial charge in [-0.05, 0) is 69.3 Å². The van der Waals surface area contributed by atoms with Gasteiger partial charge in [0, 0.05) is 0 Å². The molecule has 4 nitrogen and oxygen atoms in total. The summed E-state index contributed by atoms with van der Waals surface area (Å²) >= 11 is 0. The maximum atomic E-state index is 11.3. The summed E-state index contributed by atoms with van der Waals surface area (Å²) in [7, 11) is 1.68. The van der Waals surface area contributed by atoms with Crippen LogP contribution in [0.25, 0.3) is 11.1 Å². The Morgan fingerprint density at radius 3 is 2.29 bits per heavy atom. The van der Waals surface area contributed by atoms with Crippen LogP contribution in [0.2, 0.25) is 0 Å². The predicted octanol–water partition coefficient (Wildman–Crippen LogP) is 7.45. The van der Waals surface area contributed by atoms with Crippen LogP contribution in [-0.4, -0.2) is 18.2 Å². The van der Waals surface area contributed by atoms with Crippen molar-refractivity contribution in [2.24, 2.45) is 5.92 Å². The standard InChI is InChI=1S/C30H36O4/c1-20(2)27(18-29(31)32)23-10-8-12-25(17-23)34-19-21-13-14-26(28(15-21)30(3,4)5)22-9-7-11-24(16-22)33-6/h7-17,20,27H,18-19H2,1-6H3,(H,31,32)/t27-/m1/s1. The van der Waals surface area contributed by atoms with Crippen molar-refractivity contribution < 1.29 is 19.4 Å². The first kappa shape index (κ1) is 25.4. The number of methoxy groups -OCH3 is 1. The molecule has 0 fully saturated rings. The van der Waals surface area contributed by atoms with E-state index in [-0.39, 0.29) is 23.7 Å². The van der Waals surface area contributed by atoms with Gasteiger partial charge in [-0.3, -0.25) is 4.79 Å². The van der Waals surface area contributed by atoms with Crippen molar-refractivity contribution in [3.8, 4) is 22.6 Å². The monoisotopic (exact) mass is 460 g/mol. The highest BCUT2D eigenvalue weighted by atomic mass is 16.5. The molecule has 0 aliphatic heterocycles. The van der Waals surface area contributed by atoms with E-state index in [0.717, 1.165) is 28.2 Å². The highest BCUT2D eigenvalue weighted by molar-refractivity contribution is 5.70. The number of carbonyl (C=O) groups is 1. The number of hydrogen-bond donors (Lipinski definition) is 1. The van der Waals surface area contributed by atoms with E-state index in [1.54, 1.807) is 7.11 Å². The van der Waals surface area contributed by atoms with Crippen molar-refractivity contribution >= 4 is 5.97 Å². The average Bonchev–Trinajstić information content (AvgIpc) is 2.80. The minimum Gasteiger partial charge on any atom is -0.497 e. The quantitative estimate of drug-likeness (QED) is 0.360. The summed E-state index contributed by atoms with van der Waals surface area (Å²) in [6.45, 7) is 11.2. The van der Waals surface area contributed by atoms with E-state index < -0.39 is 5.97 Å². The van der Waals surface area contributed by atoms with E-state index in [2.05, 4.69) is 65.0 Å². The second-order valence-corrected chi connectivity index (χ2v) is 10.2. The largest absolute Gasteiger partial charge is 0.497 e. The summed E-state index contributed by atoms with van der Waals surface area (Å²) in [6.07, 6.45) is 0.113. The molecular weight excluding hydrogens is 424 g/mol. The van der Waals surface area contributed by atoms with E-state index >= 15 is 0 Å². The van der Waals surface area contributed by atoms with E-state index in [1.165, 1.54) is 11.1 Å². The lowest BCUT2D eigenvalue weighted by Crippen LogP contribution is -2.14. The van der Waals surface area contributed by atoms with Crippen LogP contribution in [-0.2, 0) is 16.8 Å². The van der Waals surface area contributed by atoms with Gasteiger partial charge in [-0.15, -0.1) is 0 Å². The van der Waals surface area contributed by atoms with Crippen LogP contribution in [0.4, 0.5) is 0 Å². The molecule has 34 heavy (non-hydrogen) atoms. The number of carboxylic acids is 1. The molecule has 0 unspecified atom stereocenters. The summed E-state index contributed by atoms with van der Waals surface area (Å²) in [5.74, 6) is 0.992. The van der Waals surface area contributed by atoms with Crippen LogP contribution in [0.5, 0.6) is 11.5 Å². The summed E-state index contributed by atoms with van der Waals surface area (Å²) < 4.78 is 11.6. The highest BCUT2D eigenvalue weighted by Crippen LogP contribution is 2.36. The molecule has 0 saturated carbocycles. The molecule has 0 aliphatic rings. The van der Waals surface area contributed by atoms with Crippen LogP contribution >= 0.6 is 0 Å². The molecule has 1 N–H and O–H groups in total. The van der Waals surface area contributed by atoms with Gasteiger partial charge < -0.3 is 14.6 Å². The van der Waals surface area contributed by atoms with E-state index in [9.17, 15) is 9.90 Å². The lowest BCUT2D eigenvalue weighted by atomic mass is 9.81. The van der Waals surface area contributed by atoms with Crippen LogP contribution in [0.1, 0.15) is 63.6 Å². The number of aliphatic carboxylic acids is 1. The zero-order valence-electron chi connectivity index (χ0n) is 21.1. The summed E-state index contributed by atoms with van der Waals surface area (Å²) in [4.78, 5) is 11.3. The molecule has 3 aromatic rings. The Morgan fingerprint density at radius 2 is 1.65 bits per heavy atom. The third-order valence-corrected chi connectivity index (χ3v) is 6.16. The third kappa shape index (κ3) is 6.40. The Morgan fingerprint density at radius 1 is 0.941 bits per heavy atom. The molecule has 180 valence electrons. The Labute approximate surface area is 203 Å². The molecule has 3 aromatic carbocycles. The molecule has 3 rings (SSSR count). The van der Waals surface area contributed by atoms with Crippen LogP contribution in [0, 0.1) is 5.92 Å². The smallest absolute Gasteiger partial charge is 0.303 e. The molecule has 0 saturated heterocycles. The van der Waals surface area contributed by atoms with Crippen molar-refractivity contribution in [3.05, 3.63) is 83.4 Å². The zero-order valence-corrected chi connectivity index (χ0v) is 21.1. The van der Waals surface area contributed by atoms with Gasteiger partial charge in [0.05, 0.1) is 13.5 Å². The van der Waals surface area contributed by atoms with Crippen molar-refractivity contribution in [1.82, 2.24) is 0 Å². The fourth-order valence-electron chi connectivity index (χ4n) is 4.27. The Kier molecular flexibility index (Phi) is 8.03. The predicted molar refractivity (Wildman–Crippen MR) is 138 cm³/mol. The number of carboxylic acid groups (broad SMARTS) is 1. The third-order valence-electron chi connectivity index (χ3n) is 6.16. The molecular formula is C30H36O4. The Balaban J connectivity index is 1.85. The minimum atomic E-state index is -0.782. The molecule has 0 amide bonds. The van der Waals surface area contributed by atoms with Gasteiger partial charge >= 0.3 is 5.97 Å². The first-order valence-electron chi connectivity index (χ1n) is 11.8. The number of rotatable bonds is 9. The topological polar surface area (TPSA) is 55.8 Å². The van der Waals surface area contributed by atoms with Gasteiger partial charge in [-0.25, -0.2) is 0 Å². The molecule has 4 heteroatoms. The van der Waals surface area contributed by atoms with Crippen LogP contribution < -0.4 is 9.47 Å². The van der Waals surface area contributed by atoms with Crippen molar-refractivity contribution in [3.63, 3.8) is 0 Å². The molecule has 0 heterocycles. The molecule has 1 atom stereocenters. The number of ether oxygens (including phenoxy) is 2. The SMILES string of the molecule is COc1cccc(-c2ccc(COc3cccc([C@H](CC(=O)O)C(C)C)c3)cc2C(C)(C)C)c1. The lowest BCUT2D eigenvalue weighted by Gasteiger charge is -2.24. The second kappa shape index (κ2) is 10.8. The first-order chi connectivity index (χ1) is 16.1. The summed E-state index contributed by atoms with van der Waals surface area (Å²) in [5.41, 5.74) is 5.60. The normalized spacial score (nSPS) is 12.4. The van der Waals surface area contributed by atoms with Crippen molar-refractivity contribution in [2.45, 2.75) is 59.0 Å². The molecule has 0 aromatic heterocycles. The molecule has 0 radical (unpaired) electrons. The molecule has 0 spiro atoms. The van der Waals surface area contributed by atoms with E-state index in [0.29, 0.717) is 6.61 Å². The van der Waals surface area contributed by atoms with Gasteiger partial charge in [-0.2, -0.15) is 0 Å². The van der Waals surface area contributed by atoms with Gasteiger partial charge in [0.15, 0.2) is 0 Å². The van der Waals surface area contributed by atoms with Gasteiger partial charge in [0.25, 0.3) is 0 Å². The van der Waals surface area contributed by atoms with E-state index in [4.69, 9.17) is 9.47 Å². The Bertz CT molecular complexity index is 1120. The summed E-state index contributed by atoms with van der Waals surface area (Å²) in [6, 6.07) is 22.5. The zero-order chi connectivity index (χ0) is 24.9. The lowest BCUT2D eigenvalue weighted by molar-refractivity contribution is -0.137. The van der Waals surface area contributed by atoms with Crippen LogP contribution in [0.3, 0.4) is 0 Å². The summed E-state index contributed by atoms with van der Waals surface area (Å²) in [5, 5.41) is 9.30.